The highest BCUT2D eigenvalue weighted by molar-refractivity contribution is 6.10. The van der Waals surface area contributed by atoms with E-state index < -0.39 is 0 Å². The second-order valence-electron chi connectivity index (χ2n) is 4.52. The molecule has 5 nitrogen and oxygen atoms in total. The van der Waals surface area contributed by atoms with E-state index in [2.05, 4.69) is 0 Å². The van der Waals surface area contributed by atoms with Gasteiger partial charge in [0.25, 0.3) is 5.56 Å². The van der Waals surface area contributed by atoms with Gasteiger partial charge in [-0.3, -0.25) is 4.79 Å². The van der Waals surface area contributed by atoms with Gasteiger partial charge in [-0.2, -0.15) is 0 Å². The van der Waals surface area contributed by atoms with E-state index in [4.69, 9.17) is 14.3 Å². The summed E-state index contributed by atoms with van der Waals surface area (Å²) < 4.78 is 12.2. The van der Waals surface area contributed by atoms with Crippen molar-refractivity contribution in [3.63, 3.8) is 0 Å². The average Bonchev–Trinajstić information content (AvgIpc) is 2.96. The molecule has 0 saturated carbocycles. The summed E-state index contributed by atoms with van der Waals surface area (Å²) in [5.41, 5.74) is 0.496. The molecule has 0 aliphatic carbocycles. The first-order chi connectivity index (χ1) is 9.81. The molecule has 1 aromatic heterocycles. The minimum absolute atomic E-state index is 0.177. The van der Waals surface area contributed by atoms with E-state index in [1.807, 2.05) is 24.3 Å². The third-order valence-corrected chi connectivity index (χ3v) is 3.53. The monoisotopic (exact) mass is 269 g/mol. The molecule has 0 radical (unpaired) electrons. The van der Waals surface area contributed by atoms with Crippen LogP contribution in [0.2, 0.25) is 0 Å². The summed E-state index contributed by atoms with van der Waals surface area (Å²) in [7, 11) is 1.48. The lowest BCUT2D eigenvalue weighted by atomic mass is 10.1. The molecular formula is C15H11NO4. The minimum atomic E-state index is -0.209. The minimum Gasteiger partial charge on any atom is -0.454 e. The normalized spacial score (nSPS) is 13.1. The molecule has 0 unspecified atom stereocenters. The van der Waals surface area contributed by atoms with E-state index in [0.29, 0.717) is 22.4 Å². The highest BCUT2D eigenvalue weighted by Crippen LogP contribution is 2.41. The van der Waals surface area contributed by atoms with Gasteiger partial charge in [0.15, 0.2) is 11.5 Å². The molecule has 0 bridgehead atoms. The maximum absolute atomic E-state index is 12.5. The fourth-order valence-electron chi connectivity index (χ4n) is 2.68. The number of pyridine rings is 1. The Labute approximate surface area is 113 Å². The average molecular weight is 269 g/mol. The highest BCUT2D eigenvalue weighted by Gasteiger charge is 2.21. The molecule has 1 aliphatic heterocycles. The number of para-hydroxylation sites is 1. The molecule has 2 heterocycles. The van der Waals surface area contributed by atoms with Gasteiger partial charge in [0.2, 0.25) is 6.79 Å². The van der Waals surface area contributed by atoms with Gasteiger partial charge in [-0.15, -0.1) is 4.73 Å². The lowest BCUT2D eigenvalue weighted by Gasteiger charge is -2.12. The van der Waals surface area contributed by atoms with Gasteiger partial charge in [0, 0.05) is 10.8 Å². The predicted molar refractivity (Wildman–Crippen MR) is 74.3 cm³/mol. The third-order valence-electron chi connectivity index (χ3n) is 3.53. The maximum atomic E-state index is 12.5. The maximum Gasteiger partial charge on any atom is 0.291 e. The fraction of sp³-hybridized carbons (Fsp3) is 0.133. The van der Waals surface area contributed by atoms with Crippen molar-refractivity contribution >= 4 is 21.7 Å². The van der Waals surface area contributed by atoms with E-state index in [9.17, 15) is 4.79 Å². The quantitative estimate of drug-likeness (QED) is 0.633. The largest absolute Gasteiger partial charge is 0.454 e. The predicted octanol–water partition coefficient (Wildman–Crippen LogP) is 1.94. The molecule has 4 rings (SSSR count). The van der Waals surface area contributed by atoms with Crippen molar-refractivity contribution in [1.82, 2.24) is 4.73 Å². The zero-order valence-corrected chi connectivity index (χ0v) is 10.8. The first kappa shape index (κ1) is 11.2. The van der Waals surface area contributed by atoms with E-state index in [0.717, 1.165) is 10.8 Å². The first-order valence-electron chi connectivity index (χ1n) is 6.22. The Hall–Kier alpha value is -2.69. The molecule has 0 atom stereocenters. The molecule has 0 N–H and O–H groups in total. The molecule has 20 heavy (non-hydrogen) atoms. The summed E-state index contributed by atoms with van der Waals surface area (Å²) in [6.45, 7) is 0.177. The smallest absolute Gasteiger partial charge is 0.291 e. The molecular weight excluding hydrogens is 258 g/mol. The summed E-state index contributed by atoms with van der Waals surface area (Å²) in [6.07, 6.45) is 0. The number of nitrogens with zero attached hydrogens (tertiary/aromatic N) is 1. The number of ether oxygens (including phenoxy) is 2. The Morgan fingerprint density at radius 2 is 1.95 bits per heavy atom. The van der Waals surface area contributed by atoms with Gasteiger partial charge < -0.3 is 14.3 Å². The lowest BCUT2D eigenvalue weighted by molar-refractivity contribution is 0.170. The van der Waals surface area contributed by atoms with Crippen LogP contribution in [-0.2, 0) is 0 Å². The zero-order valence-electron chi connectivity index (χ0n) is 10.8. The second-order valence-corrected chi connectivity index (χ2v) is 4.52. The Bertz CT molecular complexity index is 898. The summed E-state index contributed by atoms with van der Waals surface area (Å²) >= 11 is 0. The van der Waals surface area contributed by atoms with Crippen LogP contribution < -0.4 is 19.9 Å². The molecule has 100 valence electrons. The Morgan fingerprint density at radius 3 is 2.80 bits per heavy atom. The molecule has 2 aromatic carbocycles. The second kappa shape index (κ2) is 3.90. The van der Waals surface area contributed by atoms with E-state index in [-0.39, 0.29) is 12.4 Å². The molecule has 0 fully saturated rings. The number of fused-ring (bicyclic) bond motifs is 5. The highest BCUT2D eigenvalue weighted by atomic mass is 16.7. The van der Waals surface area contributed by atoms with Crippen molar-refractivity contribution in [3.05, 3.63) is 46.8 Å². The van der Waals surface area contributed by atoms with Crippen LogP contribution in [0.15, 0.2) is 41.2 Å². The van der Waals surface area contributed by atoms with E-state index >= 15 is 0 Å². The molecule has 5 heteroatoms. The van der Waals surface area contributed by atoms with Crippen molar-refractivity contribution in [2.45, 2.75) is 0 Å². The molecule has 0 amide bonds. The van der Waals surface area contributed by atoms with Gasteiger partial charge in [0.1, 0.15) is 7.11 Å². The fourth-order valence-corrected chi connectivity index (χ4v) is 2.68. The summed E-state index contributed by atoms with van der Waals surface area (Å²) in [5.74, 6) is 1.29. The SMILES string of the molecule is COn1c(=O)c2ccc3c(c2c2ccccc21)OCO3. The van der Waals surface area contributed by atoms with E-state index in [1.54, 1.807) is 12.1 Å². The first-order valence-corrected chi connectivity index (χ1v) is 6.22. The molecule has 1 aliphatic rings. The zero-order chi connectivity index (χ0) is 13.7. The van der Waals surface area contributed by atoms with Gasteiger partial charge in [-0.05, 0) is 18.2 Å². The number of benzene rings is 2. The number of aromatic nitrogens is 1. The Morgan fingerprint density at radius 1 is 1.10 bits per heavy atom. The van der Waals surface area contributed by atoms with Crippen molar-refractivity contribution in [3.8, 4) is 11.5 Å². The Kier molecular flexibility index (Phi) is 2.18. The van der Waals surface area contributed by atoms with Gasteiger partial charge in [0.05, 0.1) is 10.9 Å². The standard InChI is InChI=1S/C15H11NO4/c1-18-16-11-5-3-2-4-9(11)13-10(15(16)17)6-7-12-14(13)20-8-19-12/h2-7H,8H2,1H3. The van der Waals surface area contributed by atoms with Crippen molar-refractivity contribution in [2.24, 2.45) is 0 Å². The van der Waals surface area contributed by atoms with Gasteiger partial charge in [-0.25, -0.2) is 0 Å². The lowest BCUT2D eigenvalue weighted by Crippen LogP contribution is -2.25. The molecule has 0 spiro atoms. The van der Waals surface area contributed by atoms with Gasteiger partial charge >= 0.3 is 0 Å². The summed E-state index contributed by atoms with van der Waals surface area (Å²) in [6, 6.07) is 11.1. The van der Waals surface area contributed by atoms with E-state index in [1.165, 1.54) is 11.8 Å². The van der Waals surface area contributed by atoms with Crippen LogP contribution in [0.4, 0.5) is 0 Å². The number of hydrogen-bond donors (Lipinski definition) is 0. The summed E-state index contributed by atoms with van der Waals surface area (Å²) in [5, 5.41) is 2.22. The van der Waals surface area contributed by atoms with Crippen LogP contribution in [0, 0.1) is 0 Å². The molecule has 3 aromatic rings. The van der Waals surface area contributed by atoms with Crippen LogP contribution in [0.25, 0.3) is 21.7 Å². The van der Waals surface area contributed by atoms with Crippen LogP contribution in [0.1, 0.15) is 0 Å². The van der Waals surface area contributed by atoms with Crippen LogP contribution >= 0.6 is 0 Å². The van der Waals surface area contributed by atoms with Gasteiger partial charge in [-0.1, -0.05) is 18.2 Å². The number of hydrogen-bond acceptors (Lipinski definition) is 4. The van der Waals surface area contributed by atoms with Crippen LogP contribution in [0.3, 0.4) is 0 Å². The summed E-state index contributed by atoms with van der Waals surface area (Å²) in [4.78, 5) is 17.7. The van der Waals surface area contributed by atoms with Crippen LogP contribution in [0.5, 0.6) is 11.5 Å². The van der Waals surface area contributed by atoms with Crippen molar-refractivity contribution in [2.75, 3.05) is 13.9 Å². The molecule has 0 saturated heterocycles. The number of rotatable bonds is 1. The Balaban J connectivity index is 2.33. The van der Waals surface area contributed by atoms with Crippen molar-refractivity contribution in [1.29, 1.82) is 0 Å². The topological polar surface area (TPSA) is 49.7 Å². The van der Waals surface area contributed by atoms with Crippen LogP contribution in [-0.4, -0.2) is 18.6 Å². The third kappa shape index (κ3) is 1.29. The van der Waals surface area contributed by atoms with Crippen molar-refractivity contribution < 1.29 is 14.3 Å².